The highest BCUT2D eigenvalue weighted by Crippen LogP contribution is 2.43. The van der Waals surface area contributed by atoms with E-state index < -0.39 is 6.04 Å². The Morgan fingerprint density at radius 1 is 0.897 bits per heavy atom. The van der Waals surface area contributed by atoms with Crippen molar-refractivity contribution in [2.75, 3.05) is 55.7 Å². The molecule has 2 atom stereocenters. The molecule has 5 aliphatic rings. The number of hydrogen-bond donors (Lipinski definition) is 1. The van der Waals surface area contributed by atoms with Crippen LogP contribution in [0, 0.1) is 5.92 Å². The first-order valence-electron chi connectivity index (χ1n) is 14.3. The Morgan fingerprint density at radius 2 is 1.72 bits per heavy atom. The third-order valence-electron chi connectivity index (χ3n) is 9.19. The zero-order chi connectivity index (χ0) is 26.5. The van der Waals surface area contributed by atoms with Crippen LogP contribution in [0.15, 0.2) is 42.5 Å². The van der Waals surface area contributed by atoms with Crippen molar-refractivity contribution in [1.82, 2.24) is 15.1 Å². The monoisotopic (exact) mass is 529 g/mol. The van der Waals surface area contributed by atoms with Crippen LogP contribution in [0.5, 0.6) is 5.75 Å². The van der Waals surface area contributed by atoms with Gasteiger partial charge in [0.05, 0.1) is 18.3 Å². The van der Waals surface area contributed by atoms with Gasteiger partial charge in [0.25, 0.3) is 5.91 Å². The standard InChI is InChI=1S/C30H35N5O4/c36-27-9-8-26(29(37)31-27)35-18-24-23(30(35)38)6-7-25-28(24)39-19-22-17-32(14-15-34(22)25)16-20-10-12-33(13-11-20)21-4-2-1-3-5-21/h1-7,20,22,26H,8-19H2,(H,31,36,37). The summed E-state index contributed by atoms with van der Waals surface area (Å²) >= 11 is 0. The Labute approximate surface area is 228 Å². The van der Waals surface area contributed by atoms with E-state index in [4.69, 9.17) is 4.74 Å². The molecule has 2 aromatic rings. The van der Waals surface area contributed by atoms with Crippen LogP contribution in [0.2, 0.25) is 0 Å². The number of piperazine rings is 1. The first-order chi connectivity index (χ1) is 19.0. The van der Waals surface area contributed by atoms with Crippen molar-refractivity contribution < 1.29 is 19.1 Å². The zero-order valence-electron chi connectivity index (χ0n) is 22.2. The highest BCUT2D eigenvalue weighted by molar-refractivity contribution is 6.06. The van der Waals surface area contributed by atoms with Crippen LogP contribution in [0.25, 0.3) is 0 Å². The molecule has 2 aromatic carbocycles. The fourth-order valence-corrected chi connectivity index (χ4v) is 7.09. The number of nitrogens with one attached hydrogen (secondary N) is 1. The Kier molecular flexibility index (Phi) is 6.18. The van der Waals surface area contributed by atoms with Gasteiger partial charge in [-0.3, -0.25) is 24.6 Å². The van der Waals surface area contributed by atoms with Crippen molar-refractivity contribution in [2.45, 2.75) is 44.3 Å². The van der Waals surface area contributed by atoms with Crippen molar-refractivity contribution in [3.63, 3.8) is 0 Å². The molecule has 3 fully saturated rings. The summed E-state index contributed by atoms with van der Waals surface area (Å²) < 4.78 is 6.36. The fourth-order valence-electron chi connectivity index (χ4n) is 7.09. The zero-order valence-corrected chi connectivity index (χ0v) is 22.2. The summed E-state index contributed by atoms with van der Waals surface area (Å²) in [4.78, 5) is 46.4. The topological polar surface area (TPSA) is 85.4 Å². The van der Waals surface area contributed by atoms with Crippen LogP contribution in [0.4, 0.5) is 11.4 Å². The van der Waals surface area contributed by atoms with Gasteiger partial charge in [0, 0.05) is 62.5 Å². The molecule has 3 saturated heterocycles. The summed E-state index contributed by atoms with van der Waals surface area (Å²) in [5.74, 6) is 0.693. The largest absolute Gasteiger partial charge is 0.489 e. The van der Waals surface area contributed by atoms with Gasteiger partial charge < -0.3 is 19.4 Å². The van der Waals surface area contributed by atoms with Gasteiger partial charge in [-0.15, -0.1) is 0 Å². The van der Waals surface area contributed by atoms with Crippen molar-refractivity contribution >= 4 is 29.1 Å². The van der Waals surface area contributed by atoms with Gasteiger partial charge in [-0.05, 0) is 49.4 Å². The van der Waals surface area contributed by atoms with Crippen LogP contribution in [0.3, 0.4) is 0 Å². The summed E-state index contributed by atoms with van der Waals surface area (Å²) in [6, 6.07) is 14.3. The maximum absolute atomic E-state index is 13.2. The lowest BCUT2D eigenvalue weighted by molar-refractivity contribution is -0.136. The summed E-state index contributed by atoms with van der Waals surface area (Å²) in [5, 5.41) is 2.38. The molecule has 0 aliphatic carbocycles. The summed E-state index contributed by atoms with van der Waals surface area (Å²) in [6.45, 7) is 7.26. The molecular weight excluding hydrogens is 494 g/mol. The average molecular weight is 530 g/mol. The molecule has 9 nitrogen and oxygen atoms in total. The number of imide groups is 1. The predicted octanol–water partition coefficient (Wildman–Crippen LogP) is 2.25. The van der Waals surface area contributed by atoms with Crippen molar-refractivity contribution in [3.8, 4) is 5.75 Å². The van der Waals surface area contributed by atoms with E-state index in [9.17, 15) is 14.4 Å². The van der Waals surface area contributed by atoms with Crippen LogP contribution >= 0.6 is 0 Å². The van der Waals surface area contributed by atoms with Gasteiger partial charge >= 0.3 is 0 Å². The van der Waals surface area contributed by atoms with Gasteiger partial charge in [0.1, 0.15) is 18.4 Å². The molecule has 3 amide bonds. The number of carbonyl (C=O) groups is 3. The molecule has 0 spiro atoms. The molecule has 39 heavy (non-hydrogen) atoms. The van der Waals surface area contributed by atoms with Crippen LogP contribution < -0.4 is 19.9 Å². The molecule has 5 aliphatic heterocycles. The van der Waals surface area contributed by atoms with Crippen LogP contribution in [0.1, 0.15) is 41.6 Å². The number of amides is 3. The Hall–Kier alpha value is -3.59. The summed E-state index contributed by atoms with van der Waals surface area (Å²) in [5.41, 5.74) is 3.86. The number of piperidine rings is 2. The number of carbonyl (C=O) groups excluding carboxylic acids is 3. The van der Waals surface area contributed by atoms with E-state index in [-0.39, 0.29) is 30.2 Å². The molecule has 0 aromatic heterocycles. The quantitative estimate of drug-likeness (QED) is 0.608. The number of ether oxygens (including phenoxy) is 1. The normalized spacial score (nSPS) is 25.6. The number of anilines is 2. The second-order valence-electron chi connectivity index (χ2n) is 11.5. The fraction of sp³-hybridized carbons (Fsp3) is 0.500. The lowest BCUT2D eigenvalue weighted by Crippen LogP contribution is -2.58. The molecule has 9 heteroatoms. The minimum atomic E-state index is -0.613. The smallest absolute Gasteiger partial charge is 0.255 e. The lowest BCUT2D eigenvalue weighted by atomic mass is 9.95. The molecular formula is C30H35N5O4. The van der Waals surface area contributed by atoms with Gasteiger partial charge in [0.2, 0.25) is 11.8 Å². The van der Waals surface area contributed by atoms with Gasteiger partial charge in [0.15, 0.2) is 0 Å². The molecule has 7 rings (SSSR count). The van der Waals surface area contributed by atoms with Gasteiger partial charge in [-0.2, -0.15) is 0 Å². The highest BCUT2D eigenvalue weighted by atomic mass is 16.5. The average Bonchev–Trinajstić information content (AvgIpc) is 3.30. The third kappa shape index (κ3) is 4.42. The second-order valence-corrected chi connectivity index (χ2v) is 11.5. The van der Waals surface area contributed by atoms with E-state index in [0.29, 0.717) is 25.1 Å². The van der Waals surface area contributed by atoms with Crippen molar-refractivity contribution in [1.29, 1.82) is 0 Å². The van der Waals surface area contributed by atoms with Crippen LogP contribution in [-0.4, -0.2) is 85.5 Å². The summed E-state index contributed by atoms with van der Waals surface area (Å²) in [7, 11) is 0. The predicted molar refractivity (Wildman–Crippen MR) is 147 cm³/mol. The van der Waals surface area contributed by atoms with E-state index in [2.05, 4.69) is 50.3 Å². The minimum Gasteiger partial charge on any atom is -0.489 e. The van der Waals surface area contributed by atoms with Crippen molar-refractivity contribution in [2.24, 2.45) is 5.92 Å². The molecule has 1 N–H and O–H groups in total. The number of hydrogen-bond acceptors (Lipinski definition) is 7. The first kappa shape index (κ1) is 24.5. The van der Waals surface area contributed by atoms with E-state index in [1.165, 1.54) is 18.5 Å². The SMILES string of the molecule is O=C1CCC(N2Cc3c(ccc4c3OCC3CN(CC5CCN(c6ccccc6)CC5)CCN43)C2=O)C(=O)N1. The van der Waals surface area contributed by atoms with Gasteiger partial charge in [-0.1, -0.05) is 18.2 Å². The second kappa shape index (κ2) is 9.86. The molecule has 0 bridgehead atoms. The Morgan fingerprint density at radius 3 is 2.51 bits per heavy atom. The van der Waals surface area contributed by atoms with E-state index in [1.54, 1.807) is 4.90 Å². The Balaban J connectivity index is 0.990. The van der Waals surface area contributed by atoms with E-state index in [0.717, 1.165) is 62.2 Å². The van der Waals surface area contributed by atoms with Crippen molar-refractivity contribution in [3.05, 3.63) is 53.6 Å². The number of para-hydroxylation sites is 1. The highest BCUT2D eigenvalue weighted by Gasteiger charge is 2.43. The maximum Gasteiger partial charge on any atom is 0.255 e. The number of benzene rings is 2. The van der Waals surface area contributed by atoms with E-state index >= 15 is 0 Å². The van der Waals surface area contributed by atoms with E-state index in [1.807, 2.05) is 12.1 Å². The molecule has 204 valence electrons. The molecule has 0 radical (unpaired) electrons. The minimum absolute atomic E-state index is 0.156. The molecule has 5 heterocycles. The summed E-state index contributed by atoms with van der Waals surface area (Å²) in [6.07, 6.45) is 3.07. The molecule has 2 unspecified atom stereocenters. The number of rotatable bonds is 4. The molecule has 0 saturated carbocycles. The third-order valence-corrected chi connectivity index (χ3v) is 9.19. The maximum atomic E-state index is 13.2. The lowest BCUT2D eigenvalue weighted by Gasteiger charge is -2.47. The van der Waals surface area contributed by atoms with Gasteiger partial charge in [-0.25, -0.2) is 0 Å². The van der Waals surface area contributed by atoms with Crippen LogP contribution in [-0.2, 0) is 16.1 Å². The Bertz CT molecular complexity index is 1290. The first-order valence-corrected chi connectivity index (χ1v) is 14.3. The number of fused-ring (bicyclic) bond motifs is 5. The number of nitrogens with zero attached hydrogens (tertiary/aromatic N) is 4.